The third kappa shape index (κ3) is 9.55. The van der Waals surface area contributed by atoms with E-state index in [1.54, 1.807) is 31.6 Å². The highest BCUT2D eigenvalue weighted by molar-refractivity contribution is 5.90. The first-order chi connectivity index (χ1) is 8.72. The van der Waals surface area contributed by atoms with E-state index in [9.17, 15) is 9.59 Å². The second-order valence-electron chi connectivity index (χ2n) is 3.74. The number of amides is 2. The van der Waals surface area contributed by atoms with E-state index in [2.05, 4.69) is 20.9 Å². The van der Waals surface area contributed by atoms with Crippen LogP contribution < -0.4 is 16.0 Å². The van der Waals surface area contributed by atoms with Gasteiger partial charge < -0.3 is 16.0 Å². The van der Waals surface area contributed by atoms with Crippen LogP contribution in [-0.4, -0.2) is 36.9 Å². The Bertz CT molecular complexity index is 390. The van der Waals surface area contributed by atoms with E-state index in [1.807, 2.05) is 0 Å². The normalized spacial score (nSPS) is 8.85. The number of anilines is 1. The molecule has 3 N–H and O–H groups in total. The Hall–Kier alpha value is -1.37. The first kappa shape index (κ1) is 20.9. The minimum absolute atomic E-state index is 0. The Balaban J connectivity index is 0. The molecule has 0 aliphatic carbocycles. The average molecular weight is 323 g/mol. The Morgan fingerprint density at radius 1 is 1.15 bits per heavy atom. The summed E-state index contributed by atoms with van der Waals surface area (Å²) in [5, 5.41) is 8.26. The summed E-state index contributed by atoms with van der Waals surface area (Å²) < 4.78 is 0. The first-order valence-electron chi connectivity index (χ1n) is 5.83. The summed E-state index contributed by atoms with van der Waals surface area (Å²) in [4.78, 5) is 26.6. The zero-order valence-corrected chi connectivity index (χ0v) is 12.9. The Kier molecular flexibility index (Phi) is 13.2. The van der Waals surface area contributed by atoms with Crippen molar-refractivity contribution in [2.24, 2.45) is 0 Å². The van der Waals surface area contributed by atoms with Gasteiger partial charge in [-0.1, -0.05) is 0 Å². The monoisotopic (exact) mass is 322 g/mol. The number of aromatic nitrogens is 1. The largest absolute Gasteiger partial charge is 0.356 e. The smallest absolute Gasteiger partial charge is 0.226 e. The predicted molar refractivity (Wildman–Crippen MR) is 83.5 cm³/mol. The second kappa shape index (κ2) is 12.7. The molecule has 0 spiro atoms. The molecule has 0 aliphatic heterocycles. The first-order valence-corrected chi connectivity index (χ1v) is 5.83. The van der Waals surface area contributed by atoms with Crippen molar-refractivity contribution in [2.75, 3.05) is 25.5 Å². The summed E-state index contributed by atoms with van der Waals surface area (Å²) in [6.07, 6.45) is 3.88. The maximum atomic E-state index is 11.5. The molecule has 0 unspecified atom stereocenters. The Labute approximate surface area is 130 Å². The fourth-order valence-electron chi connectivity index (χ4n) is 1.30. The molecule has 114 valence electrons. The number of halogens is 2. The van der Waals surface area contributed by atoms with E-state index in [-0.39, 0.29) is 43.0 Å². The number of pyridine rings is 1. The lowest BCUT2D eigenvalue weighted by atomic mass is 10.3. The number of hydrogen-bond donors (Lipinski definition) is 3. The molecule has 2 amide bonds. The van der Waals surface area contributed by atoms with Gasteiger partial charge in [-0.25, -0.2) is 0 Å². The van der Waals surface area contributed by atoms with Gasteiger partial charge in [0.15, 0.2) is 0 Å². The van der Waals surface area contributed by atoms with Crippen LogP contribution in [0.15, 0.2) is 24.5 Å². The number of rotatable bonds is 7. The fraction of sp³-hybridized carbons (Fsp3) is 0.417. The summed E-state index contributed by atoms with van der Waals surface area (Å²) in [5.41, 5.74) is 0.656. The average Bonchev–Trinajstić information content (AvgIpc) is 2.37. The van der Waals surface area contributed by atoms with Crippen LogP contribution in [-0.2, 0) is 9.59 Å². The van der Waals surface area contributed by atoms with Crippen molar-refractivity contribution in [1.82, 2.24) is 15.6 Å². The lowest BCUT2D eigenvalue weighted by Crippen LogP contribution is -2.29. The summed E-state index contributed by atoms with van der Waals surface area (Å²) >= 11 is 0. The number of carbonyl (C=O) groups excluding carboxylic acids is 2. The zero-order chi connectivity index (χ0) is 13.2. The molecule has 1 heterocycles. The lowest BCUT2D eigenvalue weighted by molar-refractivity contribution is -0.121. The van der Waals surface area contributed by atoms with E-state index < -0.39 is 0 Å². The van der Waals surface area contributed by atoms with Gasteiger partial charge >= 0.3 is 0 Å². The van der Waals surface area contributed by atoms with Crippen LogP contribution in [0.5, 0.6) is 0 Å². The molecule has 1 aromatic rings. The molecule has 0 saturated heterocycles. The molecule has 0 aliphatic rings. The summed E-state index contributed by atoms with van der Waals surface area (Å²) in [6.45, 7) is 0.975. The Morgan fingerprint density at radius 3 is 2.45 bits per heavy atom. The van der Waals surface area contributed by atoms with Gasteiger partial charge in [-0.05, 0) is 19.2 Å². The molecule has 0 saturated carbocycles. The van der Waals surface area contributed by atoms with Crippen molar-refractivity contribution in [3.05, 3.63) is 24.5 Å². The molecule has 8 heteroatoms. The summed E-state index contributed by atoms with van der Waals surface area (Å²) in [6, 6.07) is 3.51. The van der Waals surface area contributed by atoms with Crippen LogP contribution in [0.4, 0.5) is 5.69 Å². The van der Waals surface area contributed by atoms with Gasteiger partial charge in [0.25, 0.3) is 0 Å². The predicted octanol–water partition coefficient (Wildman–Crippen LogP) is 0.979. The molecule has 20 heavy (non-hydrogen) atoms. The van der Waals surface area contributed by atoms with Crippen molar-refractivity contribution in [3.8, 4) is 0 Å². The van der Waals surface area contributed by atoms with Gasteiger partial charge in [0, 0.05) is 32.1 Å². The lowest BCUT2D eigenvalue weighted by Gasteiger charge is -2.06. The molecule has 6 nitrogen and oxygen atoms in total. The summed E-state index contributed by atoms with van der Waals surface area (Å²) in [7, 11) is 1.79. The van der Waals surface area contributed by atoms with E-state index in [1.165, 1.54) is 0 Å². The minimum Gasteiger partial charge on any atom is -0.356 e. The molecule has 0 atom stereocenters. The molecular weight excluding hydrogens is 303 g/mol. The maximum Gasteiger partial charge on any atom is 0.226 e. The minimum atomic E-state index is -0.142. The van der Waals surface area contributed by atoms with Crippen LogP contribution in [0.3, 0.4) is 0 Å². The highest BCUT2D eigenvalue weighted by Gasteiger charge is 2.04. The van der Waals surface area contributed by atoms with Crippen LogP contribution in [0.2, 0.25) is 0 Å². The Morgan fingerprint density at radius 2 is 1.85 bits per heavy atom. The van der Waals surface area contributed by atoms with Crippen molar-refractivity contribution in [3.63, 3.8) is 0 Å². The van der Waals surface area contributed by atoms with E-state index in [0.717, 1.165) is 0 Å². The molecule has 0 radical (unpaired) electrons. The molecule has 0 fully saturated rings. The van der Waals surface area contributed by atoms with Gasteiger partial charge in [-0.3, -0.25) is 14.6 Å². The molecule has 0 bridgehead atoms. The highest BCUT2D eigenvalue weighted by Crippen LogP contribution is 2.02. The van der Waals surface area contributed by atoms with Gasteiger partial charge in [0.05, 0.1) is 11.9 Å². The zero-order valence-electron chi connectivity index (χ0n) is 11.2. The van der Waals surface area contributed by atoms with Crippen molar-refractivity contribution in [1.29, 1.82) is 0 Å². The van der Waals surface area contributed by atoms with Crippen molar-refractivity contribution in [2.45, 2.75) is 12.8 Å². The number of carbonyl (C=O) groups is 2. The topological polar surface area (TPSA) is 83.1 Å². The van der Waals surface area contributed by atoms with Gasteiger partial charge in [-0.2, -0.15) is 0 Å². The second-order valence-corrected chi connectivity index (χ2v) is 3.74. The van der Waals surface area contributed by atoms with E-state index >= 15 is 0 Å². The summed E-state index contributed by atoms with van der Waals surface area (Å²) in [5.74, 6) is -0.199. The van der Waals surface area contributed by atoms with Crippen LogP contribution in [0.1, 0.15) is 12.8 Å². The van der Waals surface area contributed by atoms with Gasteiger partial charge in [0.1, 0.15) is 0 Å². The molecule has 1 rings (SSSR count). The quantitative estimate of drug-likeness (QED) is 0.698. The number of nitrogens with one attached hydrogen (secondary N) is 3. The van der Waals surface area contributed by atoms with Crippen LogP contribution >= 0.6 is 24.8 Å². The van der Waals surface area contributed by atoms with Crippen molar-refractivity contribution < 1.29 is 9.59 Å². The van der Waals surface area contributed by atoms with Gasteiger partial charge in [0.2, 0.25) is 11.8 Å². The highest BCUT2D eigenvalue weighted by atomic mass is 35.5. The SMILES string of the molecule is CNCCC(=O)NCCC(=O)Nc1cccnc1.Cl.Cl. The van der Waals surface area contributed by atoms with Gasteiger partial charge in [-0.15, -0.1) is 24.8 Å². The maximum absolute atomic E-state index is 11.5. The van der Waals surface area contributed by atoms with Crippen LogP contribution in [0, 0.1) is 0 Å². The molecule has 0 aromatic carbocycles. The standard InChI is InChI=1S/C12H18N4O2.2ClH/c1-13-7-4-11(17)15-8-5-12(18)16-10-3-2-6-14-9-10;;/h2-3,6,9,13H,4-5,7-8H2,1H3,(H,15,17)(H,16,18);2*1H. The van der Waals surface area contributed by atoms with E-state index in [4.69, 9.17) is 0 Å². The molecule has 1 aromatic heterocycles. The van der Waals surface area contributed by atoms with Crippen molar-refractivity contribution >= 4 is 42.3 Å². The molecular formula is C12H20Cl2N4O2. The third-order valence-electron chi connectivity index (χ3n) is 2.22. The van der Waals surface area contributed by atoms with E-state index in [0.29, 0.717) is 25.2 Å². The number of nitrogens with zero attached hydrogens (tertiary/aromatic N) is 1. The van der Waals surface area contributed by atoms with Crippen LogP contribution in [0.25, 0.3) is 0 Å². The number of hydrogen-bond acceptors (Lipinski definition) is 4. The third-order valence-corrected chi connectivity index (χ3v) is 2.22. The fourth-order valence-corrected chi connectivity index (χ4v) is 1.30.